The van der Waals surface area contributed by atoms with Crippen LogP contribution in [0.4, 0.5) is 0 Å². The molecule has 0 aliphatic carbocycles. The Kier molecular flexibility index (Phi) is 6.53. The van der Waals surface area contributed by atoms with E-state index in [2.05, 4.69) is 52.4 Å². The van der Waals surface area contributed by atoms with E-state index in [0.29, 0.717) is 5.75 Å². The van der Waals surface area contributed by atoms with Crippen molar-refractivity contribution in [3.05, 3.63) is 99.0 Å². The van der Waals surface area contributed by atoms with Crippen LogP contribution in [-0.2, 0) is 4.79 Å². The summed E-state index contributed by atoms with van der Waals surface area (Å²) in [5.41, 5.74) is 5.43. The second-order valence-electron chi connectivity index (χ2n) is 6.98. The molecule has 0 saturated carbocycles. The summed E-state index contributed by atoms with van der Waals surface area (Å²) in [6.45, 7) is 6.03. The van der Waals surface area contributed by atoms with Crippen LogP contribution in [0, 0.1) is 20.8 Å². The maximum atomic E-state index is 12.6. The molecule has 1 atom stereocenters. The number of ether oxygens (including phenoxy) is 1. The molecule has 0 aliphatic rings. The molecule has 4 heteroatoms. The minimum absolute atomic E-state index is 0.0320. The minimum atomic E-state index is -0.216. The Hall–Kier alpha value is -2.59. The Morgan fingerprint density at radius 1 is 0.929 bits per heavy atom. The average Bonchev–Trinajstić information content (AvgIpc) is 2.70. The normalized spacial score (nSPS) is 11.7. The first-order chi connectivity index (χ1) is 13.4. The standard InChI is InChI=1S/C24H24BrNO2/c1-16-9-11-20(12-10-16)24(19-7-5-4-6-8-19)26-22(27)15-28-21-13-17(2)23(25)18(3)14-21/h4-14,24H,15H2,1-3H3,(H,26,27)/t24-/m1/s1. The fourth-order valence-electron chi connectivity index (χ4n) is 3.10. The number of halogens is 1. The molecule has 3 nitrogen and oxygen atoms in total. The lowest BCUT2D eigenvalue weighted by atomic mass is 9.98. The third-order valence-electron chi connectivity index (χ3n) is 4.63. The van der Waals surface area contributed by atoms with Crippen molar-refractivity contribution < 1.29 is 9.53 Å². The van der Waals surface area contributed by atoms with Crippen molar-refractivity contribution in [3.63, 3.8) is 0 Å². The summed E-state index contributed by atoms with van der Waals surface area (Å²) in [7, 11) is 0. The molecule has 0 unspecified atom stereocenters. The Bertz CT molecular complexity index is 929. The molecule has 0 bridgehead atoms. The van der Waals surface area contributed by atoms with Gasteiger partial charge in [-0.05, 0) is 55.2 Å². The molecule has 3 rings (SSSR count). The molecular formula is C24H24BrNO2. The van der Waals surface area contributed by atoms with E-state index in [4.69, 9.17) is 4.74 Å². The van der Waals surface area contributed by atoms with E-state index >= 15 is 0 Å². The summed E-state index contributed by atoms with van der Waals surface area (Å²) < 4.78 is 6.81. The number of rotatable bonds is 6. The molecule has 0 radical (unpaired) electrons. The van der Waals surface area contributed by atoms with Crippen molar-refractivity contribution in [2.75, 3.05) is 6.61 Å². The third kappa shape index (κ3) is 5.02. The van der Waals surface area contributed by atoms with Crippen molar-refractivity contribution in [2.45, 2.75) is 26.8 Å². The number of nitrogens with one attached hydrogen (secondary N) is 1. The van der Waals surface area contributed by atoms with Gasteiger partial charge in [0, 0.05) is 4.47 Å². The van der Waals surface area contributed by atoms with Crippen LogP contribution in [0.25, 0.3) is 0 Å². The van der Waals surface area contributed by atoms with Crippen LogP contribution in [0.15, 0.2) is 71.2 Å². The summed E-state index contributed by atoms with van der Waals surface area (Å²) in [6.07, 6.45) is 0. The van der Waals surface area contributed by atoms with Crippen LogP contribution in [0.5, 0.6) is 5.75 Å². The highest BCUT2D eigenvalue weighted by Gasteiger charge is 2.17. The lowest BCUT2D eigenvalue weighted by Crippen LogP contribution is -2.33. The maximum Gasteiger partial charge on any atom is 0.258 e. The van der Waals surface area contributed by atoms with Crippen LogP contribution in [0.2, 0.25) is 0 Å². The van der Waals surface area contributed by atoms with E-state index in [9.17, 15) is 4.79 Å². The lowest BCUT2D eigenvalue weighted by Gasteiger charge is -2.20. The summed E-state index contributed by atoms with van der Waals surface area (Å²) in [4.78, 5) is 12.6. The van der Waals surface area contributed by atoms with Crippen LogP contribution in [-0.4, -0.2) is 12.5 Å². The fraction of sp³-hybridized carbons (Fsp3) is 0.208. The van der Waals surface area contributed by atoms with Crippen molar-refractivity contribution in [2.24, 2.45) is 0 Å². The topological polar surface area (TPSA) is 38.3 Å². The van der Waals surface area contributed by atoms with Gasteiger partial charge in [0.25, 0.3) is 5.91 Å². The molecule has 0 spiro atoms. The third-order valence-corrected chi connectivity index (χ3v) is 5.88. The summed E-state index contributed by atoms with van der Waals surface area (Å²) >= 11 is 3.55. The van der Waals surface area contributed by atoms with Crippen LogP contribution >= 0.6 is 15.9 Å². The number of hydrogen-bond acceptors (Lipinski definition) is 2. The van der Waals surface area contributed by atoms with Crippen molar-refractivity contribution in [1.82, 2.24) is 5.32 Å². The zero-order chi connectivity index (χ0) is 20.1. The first kappa shape index (κ1) is 20.2. The molecule has 0 heterocycles. The minimum Gasteiger partial charge on any atom is -0.484 e. The van der Waals surface area contributed by atoms with Gasteiger partial charge in [-0.15, -0.1) is 0 Å². The molecule has 3 aromatic carbocycles. The zero-order valence-electron chi connectivity index (χ0n) is 16.3. The van der Waals surface area contributed by atoms with Crippen molar-refractivity contribution in [3.8, 4) is 5.75 Å². The lowest BCUT2D eigenvalue weighted by molar-refractivity contribution is -0.123. The van der Waals surface area contributed by atoms with E-state index in [1.807, 2.05) is 56.3 Å². The molecule has 3 aromatic rings. The monoisotopic (exact) mass is 437 g/mol. The molecule has 1 amide bonds. The highest BCUT2D eigenvalue weighted by atomic mass is 79.9. The van der Waals surface area contributed by atoms with Gasteiger partial charge in [0.15, 0.2) is 6.61 Å². The maximum absolute atomic E-state index is 12.6. The number of amides is 1. The summed E-state index contributed by atoms with van der Waals surface area (Å²) in [5, 5.41) is 3.11. The van der Waals surface area contributed by atoms with Crippen molar-refractivity contribution >= 4 is 21.8 Å². The van der Waals surface area contributed by atoms with Gasteiger partial charge >= 0.3 is 0 Å². The molecule has 0 fully saturated rings. The largest absolute Gasteiger partial charge is 0.484 e. The number of aryl methyl sites for hydroxylation is 3. The van der Waals surface area contributed by atoms with Crippen LogP contribution < -0.4 is 10.1 Å². The van der Waals surface area contributed by atoms with Gasteiger partial charge < -0.3 is 10.1 Å². The summed E-state index contributed by atoms with van der Waals surface area (Å²) in [6, 6.07) is 21.8. The Morgan fingerprint density at radius 2 is 1.50 bits per heavy atom. The molecule has 0 aliphatic heterocycles. The first-order valence-corrected chi connectivity index (χ1v) is 10.0. The smallest absolute Gasteiger partial charge is 0.258 e. The second-order valence-corrected chi connectivity index (χ2v) is 7.77. The quantitative estimate of drug-likeness (QED) is 0.540. The van der Waals surface area contributed by atoms with E-state index in [0.717, 1.165) is 26.7 Å². The van der Waals surface area contributed by atoms with Crippen molar-refractivity contribution in [1.29, 1.82) is 0 Å². The Labute approximate surface area is 174 Å². The molecule has 28 heavy (non-hydrogen) atoms. The first-order valence-electron chi connectivity index (χ1n) is 9.24. The zero-order valence-corrected chi connectivity index (χ0v) is 17.9. The second kappa shape index (κ2) is 9.07. The van der Waals surface area contributed by atoms with E-state index < -0.39 is 0 Å². The van der Waals surface area contributed by atoms with E-state index in [-0.39, 0.29) is 18.6 Å². The highest BCUT2D eigenvalue weighted by Crippen LogP contribution is 2.26. The van der Waals surface area contributed by atoms with E-state index in [1.54, 1.807) is 0 Å². The van der Waals surface area contributed by atoms with Gasteiger partial charge in [-0.25, -0.2) is 0 Å². The van der Waals surface area contributed by atoms with Gasteiger partial charge in [0.2, 0.25) is 0 Å². The van der Waals surface area contributed by atoms with Gasteiger partial charge in [0.05, 0.1) is 6.04 Å². The van der Waals surface area contributed by atoms with Gasteiger partial charge in [-0.2, -0.15) is 0 Å². The molecule has 0 saturated heterocycles. The SMILES string of the molecule is Cc1ccc([C@H](NC(=O)COc2cc(C)c(Br)c(C)c2)c2ccccc2)cc1. The number of carbonyl (C=O) groups excluding carboxylic acids is 1. The van der Waals surface area contributed by atoms with Gasteiger partial charge in [0.1, 0.15) is 5.75 Å². The van der Waals surface area contributed by atoms with Gasteiger partial charge in [-0.3, -0.25) is 4.79 Å². The number of carbonyl (C=O) groups is 1. The molecular weight excluding hydrogens is 414 g/mol. The fourth-order valence-corrected chi connectivity index (χ4v) is 3.33. The number of benzene rings is 3. The summed E-state index contributed by atoms with van der Waals surface area (Å²) in [5.74, 6) is 0.535. The predicted molar refractivity (Wildman–Crippen MR) is 117 cm³/mol. The predicted octanol–water partition coefficient (Wildman–Crippen LogP) is 5.66. The number of hydrogen-bond donors (Lipinski definition) is 1. The average molecular weight is 438 g/mol. The molecule has 1 N–H and O–H groups in total. The molecule has 144 valence electrons. The highest BCUT2D eigenvalue weighted by molar-refractivity contribution is 9.10. The Morgan fingerprint density at radius 3 is 2.11 bits per heavy atom. The Balaban J connectivity index is 1.73. The van der Waals surface area contributed by atoms with E-state index in [1.165, 1.54) is 5.56 Å². The molecule has 0 aromatic heterocycles. The van der Waals surface area contributed by atoms with Crippen LogP contribution in [0.1, 0.15) is 33.9 Å². The van der Waals surface area contributed by atoms with Crippen LogP contribution in [0.3, 0.4) is 0 Å². The van der Waals surface area contributed by atoms with Gasteiger partial charge in [-0.1, -0.05) is 76.1 Å².